The third-order valence-corrected chi connectivity index (χ3v) is 3.13. The van der Waals surface area contributed by atoms with Crippen LogP contribution in [0.15, 0.2) is 0 Å². The van der Waals surface area contributed by atoms with Crippen molar-refractivity contribution in [2.24, 2.45) is 5.73 Å². The van der Waals surface area contributed by atoms with E-state index in [0.717, 1.165) is 6.54 Å². The highest BCUT2D eigenvalue weighted by molar-refractivity contribution is 7.88. The van der Waals surface area contributed by atoms with Crippen LogP contribution in [0.3, 0.4) is 0 Å². The van der Waals surface area contributed by atoms with E-state index >= 15 is 0 Å². The lowest BCUT2D eigenvalue weighted by Crippen LogP contribution is -2.59. The minimum Gasteiger partial charge on any atom is -0.329 e. The predicted molar refractivity (Wildman–Crippen MR) is 47.3 cm³/mol. The second kappa shape index (κ2) is 3.69. The molecule has 1 aliphatic heterocycles. The van der Waals surface area contributed by atoms with Crippen molar-refractivity contribution in [1.82, 2.24) is 9.62 Å². The molecule has 0 saturated carbocycles. The van der Waals surface area contributed by atoms with Gasteiger partial charge in [0.15, 0.2) is 0 Å². The third kappa shape index (κ3) is 2.41. The Morgan fingerprint density at radius 2 is 2.17 bits per heavy atom. The number of sulfonamides is 1. The molecular formula is C6H15N3O2S. The Kier molecular flexibility index (Phi) is 3.05. The van der Waals surface area contributed by atoms with Gasteiger partial charge < -0.3 is 11.1 Å². The van der Waals surface area contributed by atoms with E-state index in [-0.39, 0.29) is 0 Å². The Balaban J connectivity index is 2.20. The molecule has 0 amide bonds. The molecule has 0 aromatic carbocycles. The zero-order valence-electron chi connectivity index (χ0n) is 7.16. The molecule has 1 fully saturated rings. The highest BCUT2D eigenvalue weighted by Crippen LogP contribution is 2.11. The van der Waals surface area contributed by atoms with Crippen molar-refractivity contribution in [2.75, 3.05) is 32.4 Å². The Morgan fingerprint density at radius 1 is 1.58 bits per heavy atom. The van der Waals surface area contributed by atoms with E-state index in [1.54, 1.807) is 0 Å². The fourth-order valence-electron chi connectivity index (χ4n) is 1.13. The van der Waals surface area contributed by atoms with Gasteiger partial charge in [0.05, 0.1) is 6.26 Å². The Labute approximate surface area is 73.0 Å². The predicted octanol–water partition coefficient (Wildman–Crippen LogP) is -1.82. The van der Waals surface area contributed by atoms with Gasteiger partial charge in [-0.15, -0.1) is 0 Å². The first kappa shape index (κ1) is 9.91. The summed E-state index contributed by atoms with van der Waals surface area (Å²) in [6.45, 7) is 2.51. The van der Waals surface area contributed by atoms with Crippen LogP contribution in [0.4, 0.5) is 0 Å². The summed E-state index contributed by atoms with van der Waals surface area (Å²) in [5, 5.41) is 3.14. The lowest BCUT2D eigenvalue weighted by molar-refractivity contribution is 0.230. The lowest BCUT2D eigenvalue weighted by atomic mass is 10.2. The molecule has 3 N–H and O–H groups in total. The maximum atomic E-state index is 10.9. The van der Waals surface area contributed by atoms with Crippen LogP contribution in [0.5, 0.6) is 0 Å². The van der Waals surface area contributed by atoms with Gasteiger partial charge in [0, 0.05) is 32.2 Å². The smallest absolute Gasteiger partial charge is 0.211 e. The maximum Gasteiger partial charge on any atom is 0.211 e. The number of nitrogens with two attached hydrogens (primary N) is 1. The molecule has 0 bridgehead atoms. The molecule has 1 rings (SSSR count). The molecule has 1 aliphatic rings. The van der Waals surface area contributed by atoms with Gasteiger partial charge in [-0.3, -0.25) is 0 Å². The fraction of sp³-hybridized carbons (Fsp3) is 1.00. The number of rotatable bonds is 4. The number of hydrogen-bond donors (Lipinski definition) is 2. The van der Waals surface area contributed by atoms with E-state index in [4.69, 9.17) is 5.73 Å². The van der Waals surface area contributed by atoms with Gasteiger partial charge >= 0.3 is 0 Å². The topological polar surface area (TPSA) is 75.4 Å². The largest absolute Gasteiger partial charge is 0.329 e. The maximum absolute atomic E-state index is 10.9. The molecule has 0 spiro atoms. The van der Waals surface area contributed by atoms with E-state index < -0.39 is 10.0 Å². The molecule has 5 nitrogen and oxygen atoms in total. The molecule has 12 heavy (non-hydrogen) atoms. The van der Waals surface area contributed by atoms with Crippen molar-refractivity contribution in [1.29, 1.82) is 0 Å². The quantitative estimate of drug-likeness (QED) is 0.551. The molecule has 72 valence electrons. The average molecular weight is 193 g/mol. The second-order valence-corrected chi connectivity index (χ2v) is 5.00. The minimum absolute atomic E-state index is 0.295. The van der Waals surface area contributed by atoms with Gasteiger partial charge in [-0.05, 0) is 0 Å². The number of nitrogens with one attached hydrogen (secondary N) is 1. The molecule has 0 atom stereocenters. The van der Waals surface area contributed by atoms with Gasteiger partial charge in [0.25, 0.3) is 0 Å². The minimum atomic E-state index is -2.96. The van der Waals surface area contributed by atoms with Crippen molar-refractivity contribution in [3.63, 3.8) is 0 Å². The Morgan fingerprint density at radius 3 is 2.58 bits per heavy atom. The summed E-state index contributed by atoms with van der Waals surface area (Å²) in [4.78, 5) is 0. The van der Waals surface area contributed by atoms with Crippen molar-refractivity contribution in [3.05, 3.63) is 0 Å². The zero-order valence-corrected chi connectivity index (χ0v) is 7.97. The van der Waals surface area contributed by atoms with Crippen LogP contribution in [-0.2, 0) is 10.0 Å². The Hall–Kier alpha value is -0.170. The first-order valence-electron chi connectivity index (χ1n) is 3.92. The summed E-state index contributed by atoms with van der Waals surface area (Å²) in [6, 6.07) is 0.295. The summed E-state index contributed by atoms with van der Waals surface area (Å²) in [7, 11) is -2.96. The fourth-order valence-corrected chi connectivity index (χ4v) is 2.03. The first-order chi connectivity index (χ1) is 5.54. The number of nitrogens with zero attached hydrogens (tertiary/aromatic N) is 1. The van der Waals surface area contributed by atoms with Crippen LogP contribution in [0.2, 0.25) is 0 Å². The summed E-state index contributed by atoms with van der Waals surface area (Å²) in [6.07, 6.45) is 1.23. The normalized spacial score (nSPS) is 20.8. The van der Waals surface area contributed by atoms with Crippen LogP contribution in [0.1, 0.15) is 0 Å². The second-order valence-electron chi connectivity index (χ2n) is 3.02. The van der Waals surface area contributed by atoms with Crippen molar-refractivity contribution in [3.8, 4) is 0 Å². The van der Waals surface area contributed by atoms with Crippen molar-refractivity contribution >= 4 is 10.0 Å². The molecule has 0 radical (unpaired) electrons. The standard InChI is InChI=1S/C6H15N3O2S/c1-12(10,11)9-4-6(5-9)8-3-2-7/h6,8H,2-5,7H2,1H3. The third-order valence-electron chi connectivity index (χ3n) is 1.89. The van der Waals surface area contributed by atoms with E-state index in [0.29, 0.717) is 25.7 Å². The lowest BCUT2D eigenvalue weighted by Gasteiger charge is -2.37. The van der Waals surface area contributed by atoms with Crippen LogP contribution in [0.25, 0.3) is 0 Å². The van der Waals surface area contributed by atoms with E-state index in [2.05, 4.69) is 5.32 Å². The van der Waals surface area contributed by atoms with Gasteiger partial charge in [0.2, 0.25) is 10.0 Å². The van der Waals surface area contributed by atoms with Gasteiger partial charge in [0.1, 0.15) is 0 Å². The zero-order chi connectivity index (χ0) is 9.19. The molecule has 1 saturated heterocycles. The van der Waals surface area contributed by atoms with Gasteiger partial charge in [-0.25, -0.2) is 8.42 Å². The van der Waals surface area contributed by atoms with Crippen molar-refractivity contribution in [2.45, 2.75) is 6.04 Å². The first-order valence-corrected chi connectivity index (χ1v) is 5.77. The highest BCUT2D eigenvalue weighted by Gasteiger charge is 2.32. The van der Waals surface area contributed by atoms with Gasteiger partial charge in [-0.2, -0.15) is 4.31 Å². The van der Waals surface area contributed by atoms with E-state index in [1.165, 1.54) is 10.6 Å². The van der Waals surface area contributed by atoms with Crippen LogP contribution >= 0.6 is 0 Å². The SMILES string of the molecule is CS(=O)(=O)N1CC(NCCN)C1. The summed E-state index contributed by atoms with van der Waals surface area (Å²) >= 11 is 0. The molecular weight excluding hydrogens is 178 g/mol. The number of hydrogen-bond acceptors (Lipinski definition) is 4. The summed E-state index contributed by atoms with van der Waals surface area (Å²) < 4.78 is 23.3. The van der Waals surface area contributed by atoms with Crippen LogP contribution in [0, 0.1) is 0 Å². The Bertz CT molecular complexity index is 233. The molecule has 1 heterocycles. The molecule has 0 aliphatic carbocycles. The molecule has 0 unspecified atom stereocenters. The monoisotopic (exact) mass is 193 g/mol. The summed E-state index contributed by atoms with van der Waals surface area (Å²) in [5.74, 6) is 0. The molecule has 0 aromatic heterocycles. The van der Waals surface area contributed by atoms with Crippen LogP contribution < -0.4 is 11.1 Å². The van der Waals surface area contributed by atoms with Gasteiger partial charge in [-0.1, -0.05) is 0 Å². The summed E-state index contributed by atoms with van der Waals surface area (Å²) in [5.41, 5.74) is 5.28. The highest BCUT2D eigenvalue weighted by atomic mass is 32.2. The average Bonchev–Trinajstić information content (AvgIpc) is 1.81. The van der Waals surface area contributed by atoms with Crippen molar-refractivity contribution < 1.29 is 8.42 Å². The molecule has 6 heteroatoms. The van der Waals surface area contributed by atoms with E-state index in [1.807, 2.05) is 0 Å². The van der Waals surface area contributed by atoms with E-state index in [9.17, 15) is 8.42 Å². The van der Waals surface area contributed by atoms with Crippen LogP contribution in [-0.4, -0.2) is 51.2 Å². The molecule has 0 aromatic rings.